The average molecular weight is 273 g/mol. The minimum Gasteiger partial charge on any atom is -0.378 e. The van der Waals surface area contributed by atoms with Gasteiger partial charge in [0.25, 0.3) is 0 Å². The van der Waals surface area contributed by atoms with Crippen molar-refractivity contribution in [3.63, 3.8) is 0 Å². The molecule has 0 amide bonds. The third kappa shape index (κ3) is 2.46. The van der Waals surface area contributed by atoms with E-state index >= 15 is 0 Å². The number of hydrogen-bond donors (Lipinski definition) is 1. The Morgan fingerprint density at radius 2 is 2.22 bits per heavy atom. The van der Waals surface area contributed by atoms with Gasteiger partial charge in [0.15, 0.2) is 0 Å². The molecule has 2 rings (SSSR count). The summed E-state index contributed by atoms with van der Waals surface area (Å²) in [7, 11) is 1.58. The van der Waals surface area contributed by atoms with Crippen LogP contribution in [0, 0.1) is 10.1 Å². The molecule has 2 heterocycles. The van der Waals surface area contributed by atoms with Gasteiger partial charge in [-0.1, -0.05) is 11.6 Å². The molecule has 98 valence electrons. The number of morpholine rings is 1. The second kappa shape index (κ2) is 5.36. The summed E-state index contributed by atoms with van der Waals surface area (Å²) in [6.07, 6.45) is 0. The van der Waals surface area contributed by atoms with Crippen LogP contribution in [0.2, 0.25) is 5.15 Å². The first-order valence-electron chi connectivity index (χ1n) is 5.49. The van der Waals surface area contributed by atoms with Gasteiger partial charge in [0, 0.05) is 26.2 Å². The SMILES string of the molecule is CNc1nc(Cl)cc(N2CCOCC2)c1[N+](=O)[O-]. The van der Waals surface area contributed by atoms with Gasteiger partial charge in [0.2, 0.25) is 5.82 Å². The number of nitrogens with zero attached hydrogens (tertiary/aromatic N) is 3. The Hall–Kier alpha value is -1.60. The van der Waals surface area contributed by atoms with E-state index in [1.165, 1.54) is 6.07 Å². The molecule has 1 fully saturated rings. The number of rotatable bonds is 3. The lowest BCUT2D eigenvalue weighted by molar-refractivity contribution is -0.383. The summed E-state index contributed by atoms with van der Waals surface area (Å²) < 4.78 is 5.23. The zero-order valence-corrected chi connectivity index (χ0v) is 10.6. The fourth-order valence-electron chi connectivity index (χ4n) is 1.89. The van der Waals surface area contributed by atoms with Crippen molar-refractivity contribution in [2.24, 2.45) is 0 Å². The highest BCUT2D eigenvalue weighted by Crippen LogP contribution is 2.36. The van der Waals surface area contributed by atoms with Gasteiger partial charge in [0.1, 0.15) is 10.8 Å². The average Bonchev–Trinajstić information content (AvgIpc) is 2.38. The molecule has 0 aliphatic carbocycles. The summed E-state index contributed by atoms with van der Waals surface area (Å²) in [5.41, 5.74) is 0.427. The molecule has 0 unspecified atom stereocenters. The highest BCUT2D eigenvalue weighted by atomic mass is 35.5. The quantitative estimate of drug-likeness (QED) is 0.510. The van der Waals surface area contributed by atoms with Crippen LogP contribution in [0.3, 0.4) is 0 Å². The zero-order chi connectivity index (χ0) is 13.1. The Bertz CT molecular complexity index is 463. The third-order valence-corrected chi connectivity index (χ3v) is 2.91. The zero-order valence-electron chi connectivity index (χ0n) is 9.85. The number of ether oxygens (including phenoxy) is 1. The van der Waals surface area contributed by atoms with E-state index < -0.39 is 4.92 Å². The fourth-order valence-corrected chi connectivity index (χ4v) is 2.08. The molecule has 1 aliphatic rings. The van der Waals surface area contributed by atoms with Gasteiger partial charge in [-0.25, -0.2) is 4.98 Å². The van der Waals surface area contributed by atoms with E-state index in [0.717, 1.165) is 0 Å². The molecule has 0 radical (unpaired) electrons. The predicted molar refractivity (Wildman–Crippen MR) is 68.5 cm³/mol. The van der Waals surface area contributed by atoms with Crippen molar-refractivity contribution in [2.75, 3.05) is 43.6 Å². The van der Waals surface area contributed by atoms with E-state index in [-0.39, 0.29) is 16.7 Å². The fraction of sp³-hybridized carbons (Fsp3) is 0.500. The molecule has 1 saturated heterocycles. The van der Waals surface area contributed by atoms with Crippen molar-refractivity contribution >= 4 is 28.8 Å². The van der Waals surface area contributed by atoms with Gasteiger partial charge in [-0.15, -0.1) is 0 Å². The molecule has 1 aromatic heterocycles. The Morgan fingerprint density at radius 3 is 2.78 bits per heavy atom. The largest absolute Gasteiger partial charge is 0.378 e. The first-order valence-corrected chi connectivity index (χ1v) is 5.86. The van der Waals surface area contributed by atoms with Crippen LogP contribution in [0.1, 0.15) is 0 Å². The van der Waals surface area contributed by atoms with Gasteiger partial charge in [-0.05, 0) is 0 Å². The lowest BCUT2D eigenvalue weighted by Crippen LogP contribution is -2.36. The molecular formula is C10H13ClN4O3. The third-order valence-electron chi connectivity index (χ3n) is 2.71. The Balaban J connectivity index is 2.49. The van der Waals surface area contributed by atoms with E-state index in [4.69, 9.17) is 16.3 Å². The molecule has 0 saturated carbocycles. The van der Waals surface area contributed by atoms with Crippen LogP contribution >= 0.6 is 11.6 Å². The molecular weight excluding hydrogens is 260 g/mol. The number of hydrogen-bond acceptors (Lipinski definition) is 6. The number of nitro groups is 1. The topological polar surface area (TPSA) is 80.5 Å². The maximum atomic E-state index is 11.2. The summed E-state index contributed by atoms with van der Waals surface area (Å²) in [5.74, 6) is 0.175. The molecule has 7 nitrogen and oxygen atoms in total. The van der Waals surface area contributed by atoms with Gasteiger partial charge < -0.3 is 15.0 Å². The number of pyridine rings is 1. The molecule has 1 aliphatic heterocycles. The van der Waals surface area contributed by atoms with E-state index in [9.17, 15) is 10.1 Å². The van der Waals surface area contributed by atoms with Crippen molar-refractivity contribution in [3.8, 4) is 0 Å². The molecule has 0 bridgehead atoms. The van der Waals surface area contributed by atoms with E-state index in [2.05, 4.69) is 10.3 Å². The van der Waals surface area contributed by atoms with E-state index in [0.29, 0.717) is 32.0 Å². The lowest BCUT2D eigenvalue weighted by atomic mass is 10.2. The number of nitrogens with one attached hydrogen (secondary N) is 1. The van der Waals surface area contributed by atoms with Crippen molar-refractivity contribution in [2.45, 2.75) is 0 Å². The predicted octanol–water partition coefficient (Wildman–Crippen LogP) is 1.52. The Morgan fingerprint density at radius 1 is 1.56 bits per heavy atom. The van der Waals surface area contributed by atoms with Crippen LogP contribution in [0.5, 0.6) is 0 Å². The van der Waals surface area contributed by atoms with Gasteiger partial charge in [0.05, 0.1) is 18.1 Å². The van der Waals surface area contributed by atoms with Gasteiger partial charge >= 0.3 is 5.69 Å². The van der Waals surface area contributed by atoms with Gasteiger partial charge in [-0.3, -0.25) is 10.1 Å². The van der Waals surface area contributed by atoms with Crippen LogP contribution in [0.15, 0.2) is 6.07 Å². The molecule has 0 spiro atoms. The van der Waals surface area contributed by atoms with Crippen LogP contribution < -0.4 is 10.2 Å². The first kappa shape index (κ1) is 12.8. The lowest BCUT2D eigenvalue weighted by Gasteiger charge is -2.28. The summed E-state index contributed by atoms with van der Waals surface area (Å²) in [4.78, 5) is 16.5. The molecule has 1 aromatic rings. The number of halogens is 1. The molecule has 0 aromatic carbocycles. The molecule has 1 N–H and O–H groups in total. The first-order chi connectivity index (χ1) is 8.63. The van der Waals surface area contributed by atoms with Crippen molar-refractivity contribution in [1.29, 1.82) is 0 Å². The Labute approximate surface area is 109 Å². The second-order valence-corrected chi connectivity index (χ2v) is 4.16. The van der Waals surface area contributed by atoms with Crippen molar-refractivity contribution in [3.05, 3.63) is 21.3 Å². The van der Waals surface area contributed by atoms with Crippen LogP contribution in [0.25, 0.3) is 0 Å². The molecule has 0 atom stereocenters. The summed E-state index contributed by atoms with van der Waals surface area (Å²) in [6.45, 7) is 2.30. The number of aromatic nitrogens is 1. The van der Waals surface area contributed by atoms with Crippen molar-refractivity contribution < 1.29 is 9.66 Å². The van der Waals surface area contributed by atoms with Crippen LogP contribution in [-0.2, 0) is 4.74 Å². The summed E-state index contributed by atoms with van der Waals surface area (Å²) in [6, 6.07) is 1.52. The highest BCUT2D eigenvalue weighted by molar-refractivity contribution is 6.30. The van der Waals surface area contributed by atoms with E-state index in [1.807, 2.05) is 4.90 Å². The minimum atomic E-state index is -0.444. The number of anilines is 2. The molecule has 18 heavy (non-hydrogen) atoms. The van der Waals surface area contributed by atoms with Gasteiger partial charge in [-0.2, -0.15) is 0 Å². The standard InChI is InChI=1S/C10H13ClN4O3/c1-12-10-9(15(16)17)7(6-8(11)13-10)14-2-4-18-5-3-14/h6H,2-5H2,1H3,(H,12,13). The Kier molecular flexibility index (Phi) is 3.83. The van der Waals surface area contributed by atoms with E-state index in [1.54, 1.807) is 7.05 Å². The van der Waals surface area contributed by atoms with Crippen LogP contribution in [-0.4, -0.2) is 43.3 Å². The van der Waals surface area contributed by atoms with Crippen LogP contribution in [0.4, 0.5) is 17.2 Å². The second-order valence-electron chi connectivity index (χ2n) is 3.77. The summed E-state index contributed by atoms with van der Waals surface area (Å²) in [5, 5.41) is 14.1. The normalized spacial score (nSPS) is 15.6. The molecule has 8 heteroatoms. The smallest absolute Gasteiger partial charge is 0.334 e. The highest BCUT2D eigenvalue weighted by Gasteiger charge is 2.27. The maximum absolute atomic E-state index is 11.2. The minimum absolute atomic E-state index is 0.0520. The maximum Gasteiger partial charge on any atom is 0.334 e. The summed E-state index contributed by atoms with van der Waals surface area (Å²) >= 11 is 5.89. The monoisotopic (exact) mass is 272 g/mol. The van der Waals surface area contributed by atoms with Crippen molar-refractivity contribution in [1.82, 2.24) is 4.98 Å².